The zero-order valence-corrected chi connectivity index (χ0v) is 15.4. The molecule has 7 heteroatoms. The summed E-state index contributed by atoms with van der Waals surface area (Å²) in [5.41, 5.74) is -0.520. The SMILES string of the molecule is CC(C)(C)OC(=O)NC1CCCC(NC2CCC(C(F)(F)F)CC2)C1. The minimum atomic E-state index is -4.06. The van der Waals surface area contributed by atoms with E-state index in [2.05, 4.69) is 10.6 Å². The molecule has 2 atom stereocenters. The first-order valence-electron chi connectivity index (χ1n) is 9.35. The first-order chi connectivity index (χ1) is 11.5. The van der Waals surface area contributed by atoms with E-state index >= 15 is 0 Å². The van der Waals surface area contributed by atoms with Crippen LogP contribution in [0, 0.1) is 5.92 Å². The number of amides is 1. The molecule has 4 nitrogen and oxygen atoms in total. The van der Waals surface area contributed by atoms with Gasteiger partial charge in [0, 0.05) is 18.1 Å². The summed E-state index contributed by atoms with van der Waals surface area (Å²) in [5, 5.41) is 6.44. The first kappa shape index (κ1) is 20.3. The number of nitrogens with one attached hydrogen (secondary N) is 2. The van der Waals surface area contributed by atoms with Crippen molar-refractivity contribution in [3.8, 4) is 0 Å². The van der Waals surface area contributed by atoms with Gasteiger partial charge in [-0.05, 0) is 72.1 Å². The van der Waals surface area contributed by atoms with E-state index in [0.717, 1.165) is 25.7 Å². The van der Waals surface area contributed by atoms with Gasteiger partial charge in [-0.2, -0.15) is 13.2 Å². The standard InChI is InChI=1S/C18H31F3N2O2/c1-17(2,3)25-16(24)23-15-6-4-5-14(11-15)22-13-9-7-12(8-10-13)18(19,20)21/h12-15,22H,4-11H2,1-3H3,(H,23,24). The summed E-state index contributed by atoms with van der Waals surface area (Å²) in [6, 6.07) is 0.470. The minimum absolute atomic E-state index is 0.0626. The number of hydrogen-bond acceptors (Lipinski definition) is 3. The molecule has 0 aromatic carbocycles. The molecule has 0 radical (unpaired) electrons. The minimum Gasteiger partial charge on any atom is -0.444 e. The summed E-state index contributed by atoms with van der Waals surface area (Å²) in [7, 11) is 0. The number of halogens is 3. The van der Waals surface area contributed by atoms with Gasteiger partial charge in [-0.15, -0.1) is 0 Å². The predicted octanol–water partition coefficient (Wildman–Crippen LogP) is 4.53. The molecule has 2 fully saturated rings. The molecule has 0 saturated heterocycles. The van der Waals surface area contributed by atoms with E-state index in [1.165, 1.54) is 0 Å². The highest BCUT2D eigenvalue weighted by molar-refractivity contribution is 5.68. The highest BCUT2D eigenvalue weighted by Crippen LogP contribution is 2.37. The van der Waals surface area contributed by atoms with Crippen molar-refractivity contribution in [3.05, 3.63) is 0 Å². The summed E-state index contributed by atoms with van der Waals surface area (Å²) >= 11 is 0. The van der Waals surface area contributed by atoms with Crippen LogP contribution in [0.5, 0.6) is 0 Å². The molecule has 0 spiro atoms. The fraction of sp³-hybridized carbons (Fsp3) is 0.944. The van der Waals surface area contributed by atoms with Crippen molar-refractivity contribution in [2.45, 2.75) is 102 Å². The maximum absolute atomic E-state index is 12.7. The Balaban J connectivity index is 1.74. The predicted molar refractivity (Wildman–Crippen MR) is 90.4 cm³/mol. The van der Waals surface area contributed by atoms with Crippen LogP contribution < -0.4 is 10.6 Å². The van der Waals surface area contributed by atoms with Crippen LogP contribution in [-0.4, -0.2) is 36.0 Å². The second kappa shape index (κ2) is 8.14. The number of alkyl carbamates (subject to hydrolysis) is 1. The average molecular weight is 364 g/mol. The van der Waals surface area contributed by atoms with Crippen LogP contribution in [0.15, 0.2) is 0 Å². The molecule has 2 unspecified atom stereocenters. The van der Waals surface area contributed by atoms with Crippen molar-refractivity contribution >= 4 is 6.09 Å². The van der Waals surface area contributed by atoms with E-state index in [1.54, 1.807) is 0 Å². The lowest BCUT2D eigenvalue weighted by Gasteiger charge is -2.36. The third-order valence-corrected chi connectivity index (χ3v) is 5.06. The van der Waals surface area contributed by atoms with Gasteiger partial charge in [-0.3, -0.25) is 0 Å². The zero-order chi connectivity index (χ0) is 18.7. The number of hydrogen-bond donors (Lipinski definition) is 2. The van der Waals surface area contributed by atoms with E-state index in [9.17, 15) is 18.0 Å². The molecule has 25 heavy (non-hydrogen) atoms. The largest absolute Gasteiger partial charge is 0.444 e. The van der Waals surface area contributed by atoms with E-state index in [4.69, 9.17) is 4.74 Å². The molecule has 2 aliphatic rings. The molecule has 0 heterocycles. The first-order valence-corrected chi connectivity index (χ1v) is 9.35. The topological polar surface area (TPSA) is 50.4 Å². The van der Waals surface area contributed by atoms with Gasteiger partial charge in [0.25, 0.3) is 0 Å². The Bertz CT molecular complexity index is 441. The van der Waals surface area contributed by atoms with Crippen molar-refractivity contribution in [2.24, 2.45) is 5.92 Å². The monoisotopic (exact) mass is 364 g/mol. The fourth-order valence-corrected chi connectivity index (χ4v) is 3.87. The molecule has 0 aliphatic heterocycles. The lowest BCUT2D eigenvalue weighted by molar-refractivity contribution is -0.182. The lowest BCUT2D eigenvalue weighted by Crippen LogP contribution is -2.49. The van der Waals surface area contributed by atoms with Crippen molar-refractivity contribution in [1.82, 2.24) is 10.6 Å². The molecule has 0 aromatic heterocycles. The van der Waals surface area contributed by atoms with Crippen LogP contribution in [0.25, 0.3) is 0 Å². The van der Waals surface area contributed by atoms with Crippen LogP contribution in [-0.2, 0) is 4.74 Å². The van der Waals surface area contributed by atoms with Gasteiger partial charge in [-0.25, -0.2) is 4.79 Å². The van der Waals surface area contributed by atoms with E-state index in [-0.39, 0.29) is 31.0 Å². The third kappa shape index (κ3) is 7.04. The quantitative estimate of drug-likeness (QED) is 0.773. The molecule has 0 bridgehead atoms. The van der Waals surface area contributed by atoms with Gasteiger partial charge in [0.15, 0.2) is 0 Å². The molecule has 2 aliphatic carbocycles. The average Bonchev–Trinajstić information content (AvgIpc) is 2.45. The second-order valence-electron chi connectivity index (χ2n) is 8.46. The Morgan fingerprint density at radius 1 is 0.920 bits per heavy atom. The zero-order valence-electron chi connectivity index (χ0n) is 15.4. The summed E-state index contributed by atoms with van der Waals surface area (Å²) in [6.45, 7) is 5.49. The highest BCUT2D eigenvalue weighted by Gasteiger charge is 2.41. The Hall–Kier alpha value is -0.980. The molecule has 2 rings (SSSR count). The van der Waals surface area contributed by atoms with Crippen molar-refractivity contribution < 1.29 is 22.7 Å². The fourth-order valence-electron chi connectivity index (χ4n) is 3.87. The number of carbonyl (C=O) groups is 1. The van der Waals surface area contributed by atoms with Crippen molar-refractivity contribution in [3.63, 3.8) is 0 Å². The normalized spacial score (nSPS) is 31.4. The smallest absolute Gasteiger partial charge is 0.407 e. The van der Waals surface area contributed by atoms with Gasteiger partial charge >= 0.3 is 12.3 Å². The van der Waals surface area contributed by atoms with Crippen LogP contribution in [0.2, 0.25) is 0 Å². The summed E-state index contributed by atoms with van der Waals surface area (Å²) in [5.74, 6) is -1.14. The lowest BCUT2D eigenvalue weighted by atomic mass is 9.84. The van der Waals surface area contributed by atoms with E-state index in [1.807, 2.05) is 20.8 Å². The van der Waals surface area contributed by atoms with Crippen LogP contribution in [0.1, 0.15) is 72.1 Å². The Morgan fingerprint density at radius 2 is 1.52 bits per heavy atom. The van der Waals surface area contributed by atoms with Gasteiger partial charge < -0.3 is 15.4 Å². The molecule has 2 saturated carbocycles. The summed E-state index contributed by atoms with van der Waals surface area (Å²) in [6.07, 6.45) is 0.844. The molecular formula is C18H31F3N2O2. The summed E-state index contributed by atoms with van der Waals surface area (Å²) in [4.78, 5) is 11.9. The van der Waals surface area contributed by atoms with Gasteiger partial charge in [0.2, 0.25) is 0 Å². The van der Waals surface area contributed by atoms with Crippen LogP contribution in [0.4, 0.5) is 18.0 Å². The Morgan fingerprint density at radius 3 is 2.08 bits per heavy atom. The maximum Gasteiger partial charge on any atom is 0.407 e. The Kier molecular flexibility index (Phi) is 6.62. The number of ether oxygens (including phenoxy) is 1. The van der Waals surface area contributed by atoms with E-state index in [0.29, 0.717) is 12.8 Å². The van der Waals surface area contributed by atoms with Gasteiger partial charge in [-0.1, -0.05) is 0 Å². The number of rotatable bonds is 3. The van der Waals surface area contributed by atoms with Gasteiger partial charge in [0.05, 0.1) is 5.92 Å². The summed E-state index contributed by atoms with van der Waals surface area (Å²) < 4.78 is 43.5. The van der Waals surface area contributed by atoms with Crippen molar-refractivity contribution in [2.75, 3.05) is 0 Å². The highest BCUT2D eigenvalue weighted by atomic mass is 19.4. The number of alkyl halides is 3. The third-order valence-electron chi connectivity index (χ3n) is 5.06. The molecule has 0 aromatic rings. The maximum atomic E-state index is 12.7. The molecule has 2 N–H and O–H groups in total. The molecular weight excluding hydrogens is 333 g/mol. The van der Waals surface area contributed by atoms with Crippen LogP contribution >= 0.6 is 0 Å². The van der Waals surface area contributed by atoms with E-state index < -0.39 is 23.8 Å². The Labute approximate surface area is 148 Å². The van der Waals surface area contributed by atoms with Crippen molar-refractivity contribution in [1.29, 1.82) is 0 Å². The molecule has 1 amide bonds. The second-order valence-corrected chi connectivity index (χ2v) is 8.46. The van der Waals surface area contributed by atoms with Crippen LogP contribution in [0.3, 0.4) is 0 Å². The van der Waals surface area contributed by atoms with Gasteiger partial charge in [0.1, 0.15) is 5.60 Å². The molecule has 146 valence electrons. The number of carbonyl (C=O) groups excluding carboxylic acids is 1.